The Morgan fingerprint density at radius 3 is 2.55 bits per heavy atom. The zero-order valence-corrected chi connectivity index (χ0v) is 12.9. The van der Waals surface area contributed by atoms with Crippen LogP contribution in [-0.4, -0.2) is 62.3 Å². The number of ether oxygens (including phenoxy) is 1. The third kappa shape index (κ3) is 3.42. The fraction of sp³-hybridized carbons (Fsp3) is 0.750. The standard InChI is InChI=1S/C16H26O6/c1-9(2)11-5-3-10(4-6-11)7-16(21)15(20)14(19)13(18)12(8-17)22-16/h3,11-15,17-21H,1,4-8H2,2H3/t11?,12-,13+,14+,15-,16-/m1/s1. The van der Waals surface area contributed by atoms with Crippen molar-refractivity contribution in [3.05, 3.63) is 23.8 Å². The van der Waals surface area contributed by atoms with Gasteiger partial charge in [0.1, 0.15) is 24.4 Å². The summed E-state index contributed by atoms with van der Waals surface area (Å²) in [6, 6.07) is 0. The summed E-state index contributed by atoms with van der Waals surface area (Å²) >= 11 is 0. The molecule has 0 amide bonds. The van der Waals surface area contributed by atoms with Crippen LogP contribution in [-0.2, 0) is 4.74 Å². The van der Waals surface area contributed by atoms with Gasteiger partial charge in [0.05, 0.1) is 6.61 Å². The molecule has 2 rings (SSSR count). The third-order valence-electron chi connectivity index (χ3n) is 4.73. The Bertz CT molecular complexity index is 446. The molecule has 0 saturated carbocycles. The summed E-state index contributed by atoms with van der Waals surface area (Å²) in [5, 5.41) is 49.3. The van der Waals surface area contributed by atoms with E-state index in [1.165, 1.54) is 0 Å². The number of hydrogen-bond donors (Lipinski definition) is 5. The minimum absolute atomic E-state index is 0.0390. The van der Waals surface area contributed by atoms with E-state index < -0.39 is 36.8 Å². The minimum atomic E-state index is -2.01. The van der Waals surface area contributed by atoms with Crippen LogP contribution in [0.15, 0.2) is 23.8 Å². The minimum Gasteiger partial charge on any atom is -0.394 e. The molecule has 0 aromatic heterocycles. The van der Waals surface area contributed by atoms with Gasteiger partial charge in [-0.05, 0) is 32.1 Å². The van der Waals surface area contributed by atoms with Crippen LogP contribution < -0.4 is 0 Å². The lowest BCUT2D eigenvalue weighted by atomic mass is 9.81. The number of rotatable bonds is 4. The van der Waals surface area contributed by atoms with Gasteiger partial charge >= 0.3 is 0 Å². The van der Waals surface area contributed by atoms with E-state index in [1.54, 1.807) is 0 Å². The first kappa shape index (κ1) is 17.6. The molecule has 0 bridgehead atoms. The van der Waals surface area contributed by atoms with Crippen molar-refractivity contribution < 1.29 is 30.3 Å². The molecule has 22 heavy (non-hydrogen) atoms. The molecule has 0 radical (unpaired) electrons. The van der Waals surface area contributed by atoms with Gasteiger partial charge in [-0.2, -0.15) is 0 Å². The highest BCUT2D eigenvalue weighted by atomic mass is 16.7. The van der Waals surface area contributed by atoms with E-state index in [1.807, 2.05) is 13.0 Å². The summed E-state index contributed by atoms with van der Waals surface area (Å²) in [6.45, 7) is 5.40. The second-order valence-electron chi connectivity index (χ2n) is 6.47. The SMILES string of the molecule is C=C(C)C1CC=C(C[C@@]2(O)O[C@H](CO)[C@H](O)[C@H](O)[C@H]2O)CC1. The summed E-state index contributed by atoms with van der Waals surface area (Å²) in [7, 11) is 0. The average molecular weight is 314 g/mol. The van der Waals surface area contributed by atoms with Gasteiger partial charge in [0.2, 0.25) is 0 Å². The van der Waals surface area contributed by atoms with Crippen molar-refractivity contribution in [2.45, 2.75) is 62.8 Å². The maximum atomic E-state index is 10.5. The lowest BCUT2D eigenvalue weighted by molar-refractivity contribution is -0.348. The van der Waals surface area contributed by atoms with E-state index in [0.29, 0.717) is 5.92 Å². The summed E-state index contributed by atoms with van der Waals surface area (Å²) in [5.41, 5.74) is 2.06. The molecule has 1 aliphatic heterocycles. The van der Waals surface area contributed by atoms with Crippen molar-refractivity contribution in [3.63, 3.8) is 0 Å². The molecule has 126 valence electrons. The summed E-state index contributed by atoms with van der Waals surface area (Å²) in [5.74, 6) is -1.58. The lowest BCUT2D eigenvalue weighted by Gasteiger charge is -2.46. The molecule has 1 unspecified atom stereocenters. The van der Waals surface area contributed by atoms with E-state index in [4.69, 9.17) is 4.74 Å². The van der Waals surface area contributed by atoms with Crippen LogP contribution in [0.5, 0.6) is 0 Å². The first-order valence-corrected chi connectivity index (χ1v) is 7.67. The maximum absolute atomic E-state index is 10.5. The monoisotopic (exact) mass is 314 g/mol. The van der Waals surface area contributed by atoms with Crippen molar-refractivity contribution in [2.75, 3.05) is 6.61 Å². The molecule has 1 fully saturated rings. The van der Waals surface area contributed by atoms with Crippen LogP contribution in [0.2, 0.25) is 0 Å². The Labute approximate surface area is 130 Å². The molecule has 1 aliphatic carbocycles. The second kappa shape index (κ2) is 6.78. The van der Waals surface area contributed by atoms with Crippen LogP contribution >= 0.6 is 0 Å². The number of allylic oxidation sites excluding steroid dienone is 2. The Hall–Kier alpha value is -0.760. The first-order valence-electron chi connectivity index (χ1n) is 7.67. The fourth-order valence-corrected chi connectivity index (χ4v) is 3.19. The second-order valence-corrected chi connectivity index (χ2v) is 6.47. The van der Waals surface area contributed by atoms with Crippen LogP contribution in [0.4, 0.5) is 0 Å². The van der Waals surface area contributed by atoms with Crippen molar-refractivity contribution in [1.29, 1.82) is 0 Å². The van der Waals surface area contributed by atoms with Crippen LogP contribution in [0, 0.1) is 5.92 Å². The summed E-state index contributed by atoms with van der Waals surface area (Å²) < 4.78 is 5.28. The molecular formula is C16H26O6. The molecule has 0 aromatic carbocycles. The van der Waals surface area contributed by atoms with Crippen molar-refractivity contribution in [2.24, 2.45) is 5.92 Å². The van der Waals surface area contributed by atoms with Crippen LogP contribution in [0.25, 0.3) is 0 Å². The molecule has 6 nitrogen and oxygen atoms in total. The maximum Gasteiger partial charge on any atom is 0.198 e. The van der Waals surface area contributed by atoms with E-state index in [2.05, 4.69) is 6.58 Å². The van der Waals surface area contributed by atoms with Gasteiger partial charge in [-0.3, -0.25) is 0 Å². The molecule has 1 heterocycles. The largest absolute Gasteiger partial charge is 0.394 e. The highest BCUT2D eigenvalue weighted by Crippen LogP contribution is 2.37. The van der Waals surface area contributed by atoms with Gasteiger partial charge in [0, 0.05) is 6.42 Å². The van der Waals surface area contributed by atoms with E-state index in [-0.39, 0.29) is 6.42 Å². The Morgan fingerprint density at radius 1 is 1.36 bits per heavy atom. The van der Waals surface area contributed by atoms with E-state index in [9.17, 15) is 25.5 Å². The Balaban J connectivity index is 2.08. The Morgan fingerprint density at radius 2 is 2.05 bits per heavy atom. The molecule has 0 spiro atoms. The number of aliphatic hydroxyl groups excluding tert-OH is 4. The predicted molar refractivity (Wildman–Crippen MR) is 79.8 cm³/mol. The molecule has 0 aromatic rings. The van der Waals surface area contributed by atoms with Crippen LogP contribution in [0.1, 0.15) is 32.6 Å². The third-order valence-corrected chi connectivity index (χ3v) is 4.73. The Kier molecular flexibility index (Phi) is 5.42. The zero-order chi connectivity index (χ0) is 16.5. The average Bonchev–Trinajstić information content (AvgIpc) is 2.49. The van der Waals surface area contributed by atoms with E-state index in [0.717, 1.165) is 30.4 Å². The van der Waals surface area contributed by atoms with Gasteiger partial charge in [-0.1, -0.05) is 23.8 Å². The lowest BCUT2D eigenvalue weighted by Crippen LogP contribution is -2.65. The highest BCUT2D eigenvalue weighted by molar-refractivity contribution is 5.15. The highest BCUT2D eigenvalue weighted by Gasteiger charge is 2.52. The molecule has 1 saturated heterocycles. The van der Waals surface area contributed by atoms with Gasteiger partial charge in [0.15, 0.2) is 5.79 Å². The summed E-state index contributed by atoms with van der Waals surface area (Å²) in [6.07, 6.45) is -1.23. The molecule has 6 heteroatoms. The zero-order valence-electron chi connectivity index (χ0n) is 12.9. The van der Waals surface area contributed by atoms with Gasteiger partial charge in [0.25, 0.3) is 0 Å². The quantitative estimate of drug-likeness (QED) is 0.461. The van der Waals surface area contributed by atoms with Gasteiger partial charge in [-0.15, -0.1) is 0 Å². The topological polar surface area (TPSA) is 110 Å². The summed E-state index contributed by atoms with van der Waals surface area (Å²) in [4.78, 5) is 0. The predicted octanol–water partition coefficient (Wildman–Crippen LogP) is -0.159. The number of aliphatic hydroxyl groups is 5. The first-order chi connectivity index (χ1) is 10.3. The van der Waals surface area contributed by atoms with Gasteiger partial charge in [-0.25, -0.2) is 0 Å². The van der Waals surface area contributed by atoms with Crippen molar-refractivity contribution >= 4 is 0 Å². The van der Waals surface area contributed by atoms with Crippen molar-refractivity contribution in [3.8, 4) is 0 Å². The van der Waals surface area contributed by atoms with E-state index >= 15 is 0 Å². The molecule has 5 N–H and O–H groups in total. The molecule has 2 aliphatic rings. The fourth-order valence-electron chi connectivity index (χ4n) is 3.19. The normalized spacial score (nSPS) is 42.8. The van der Waals surface area contributed by atoms with Crippen LogP contribution in [0.3, 0.4) is 0 Å². The van der Waals surface area contributed by atoms with Gasteiger partial charge < -0.3 is 30.3 Å². The number of hydrogen-bond acceptors (Lipinski definition) is 6. The smallest absolute Gasteiger partial charge is 0.198 e. The molecule has 6 atom stereocenters. The van der Waals surface area contributed by atoms with Crippen molar-refractivity contribution in [1.82, 2.24) is 0 Å². The molecular weight excluding hydrogens is 288 g/mol.